The lowest BCUT2D eigenvalue weighted by Gasteiger charge is -2.11. The van der Waals surface area contributed by atoms with Crippen molar-refractivity contribution in [2.75, 3.05) is 6.61 Å². The first-order valence-corrected chi connectivity index (χ1v) is 4.52. The fourth-order valence-corrected chi connectivity index (χ4v) is 1.40. The molecule has 1 rings (SSSR count). The minimum absolute atomic E-state index is 0.545. The lowest BCUT2D eigenvalue weighted by Crippen LogP contribution is -2.14. The van der Waals surface area contributed by atoms with Gasteiger partial charge in [0.05, 0.1) is 0 Å². The van der Waals surface area contributed by atoms with E-state index in [0.717, 1.165) is 6.42 Å². The third kappa shape index (κ3) is 3.21. The largest absolute Gasteiger partial charge is 0.364 e. The minimum Gasteiger partial charge on any atom is -0.364 e. The molecule has 0 spiro atoms. The molecule has 1 fully saturated rings. The molecule has 2 heteroatoms. The Kier molecular flexibility index (Phi) is 2.90. The van der Waals surface area contributed by atoms with Crippen LogP contribution in [-0.2, 0) is 4.74 Å². The highest BCUT2D eigenvalue weighted by molar-refractivity contribution is 4.80. The summed E-state index contributed by atoms with van der Waals surface area (Å²) >= 11 is 0. The van der Waals surface area contributed by atoms with E-state index in [1.54, 1.807) is 0 Å². The van der Waals surface area contributed by atoms with Crippen LogP contribution in [0.25, 0.3) is 0 Å². The van der Waals surface area contributed by atoms with E-state index in [1.807, 2.05) is 0 Å². The molecule has 0 bridgehead atoms. The molecule has 1 heterocycles. The van der Waals surface area contributed by atoms with Crippen LogP contribution in [0, 0.1) is 5.92 Å². The van der Waals surface area contributed by atoms with E-state index in [1.165, 1.54) is 19.3 Å². The molecule has 1 N–H and O–H groups in total. The van der Waals surface area contributed by atoms with Gasteiger partial charge < -0.3 is 9.84 Å². The highest BCUT2D eigenvalue weighted by atomic mass is 16.7. The van der Waals surface area contributed by atoms with Crippen LogP contribution in [0.4, 0.5) is 0 Å². The minimum atomic E-state index is -0.729. The fraction of sp³-hybridized carbons (Fsp3) is 1.00. The third-order valence-corrected chi connectivity index (χ3v) is 2.20. The van der Waals surface area contributed by atoms with Gasteiger partial charge in [-0.25, -0.2) is 0 Å². The molecule has 0 radical (unpaired) electrons. The quantitative estimate of drug-likeness (QED) is 0.620. The summed E-state index contributed by atoms with van der Waals surface area (Å²) in [5, 5.41) is 9.38. The Bertz CT molecular complexity index is 119. The summed E-state index contributed by atoms with van der Waals surface area (Å²) in [6, 6.07) is 0. The van der Waals surface area contributed by atoms with Crippen molar-refractivity contribution in [1.29, 1.82) is 0 Å². The van der Waals surface area contributed by atoms with Crippen molar-refractivity contribution in [2.45, 2.75) is 45.3 Å². The van der Waals surface area contributed by atoms with Gasteiger partial charge in [-0.3, -0.25) is 0 Å². The van der Waals surface area contributed by atoms with E-state index in [4.69, 9.17) is 4.74 Å². The van der Waals surface area contributed by atoms with Crippen molar-refractivity contribution in [3.8, 4) is 0 Å². The molecule has 11 heavy (non-hydrogen) atoms. The Morgan fingerprint density at radius 3 is 2.73 bits per heavy atom. The molecule has 66 valence electrons. The molecule has 2 atom stereocenters. The van der Waals surface area contributed by atoms with Crippen LogP contribution in [0.15, 0.2) is 0 Å². The zero-order valence-electron chi connectivity index (χ0n) is 7.47. The first-order valence-electron chi connectivity index (χ1n) is 4.52. The molecule has 1 saturated heterocycles. The lowest BCUT2D eigenvalue weighted by atomic mass is 9.98. The van der Waals surface area contributed by atoms with Gasteiger partial charge in [-0.15, -0.1) is 0 Å². The monoisotopic (exact) mass is 158 g/mol. The summed E-state index contributed by atoms with van der Waals surface area (Å²) in [5.41, 5.74) is 0. The molecule has 0 aromatic rings. The Balaban J connectivity index is 2.05. The molecule has 0 aromatic carbocycles. The molecule has 2 nitrogen and oxygen atoms in total. The standard InChI is InChI=1S/C9H18O2/c1-3-4-5-8(2)6-9(10)7-11-9/h8,10H,3-7H2,1-2H3. The topological polar surface area (TPSA) is 32.8 Å². The summed E-state index contributed by atoms with van der Waals surface area (Å²) in [6.45, 7) is 4.91. The van der Waals surface area contributed by atoms with Gasteiger partial charge in [-0.2, -0.15) is 0 Å². The van der Waals surface area contributed by atoms with Crippen LogP contribution in [0.2, 0.25) is 0 Å². The smallest absolute Gasteiger partial charge is 0.189 e. The van der Waals surface area contributed by atoms with Gasteiger partial charge in [0.1, 0.15) is 6.61 Å². The number of unbranched alkanes of at least 4 members (excludes halogenated alkanes) is 1. The van der Waals surface area contributed by atoms with E-state index in [9.17, 15) is 5.11 Å². The van der Waals surface area contributed by atoms with Crippen molar-refractivity contribution in [2.24, 2.45) is 5.92 Å². The molecule has 0 aromatic heterocycles. The van der Waals surface area contributed by atoms with Crippen molar-refractivity contribution in [1.82, 2.24) is 0 Å². The van der Waals surface area contributed by atoms with Crippen molar-refractivity contribution in [3.63, 3.8) is 0 Å². The highest BCUT2D eigenvalue weighted by Gasteiger charge is 2.43. The van der Waals surface area contributed by atoms with E-state index in [-0.39, 0.29) is 0 Å². The summed E-state index contributed by atoms with van der Waals surface area (Å²) < 4.78 is 4.90. The zero-order chi connectivity index (χ0) is 8.32. The second-order valence-corrected chi connectivity index (χ2v) is 3.69. The van der Waals surface area contributed by atoms with Gasteiger partial charge in [-0.1, -0.05) is 33.1 Å². The van der Waals surface area contributed by atoms with Gasteiger partial charge in [-0.05, 0) is 5.92 Å². The number of hydrogen-bond donors (Lipinski definition) is 1. The van der Waals surface area contributed by atoms with Gasteiger partial charge in [0, 0.05) is 6.42 Å². The van der Waals surface area contributed by atoms with Crippen LogP contribution < -0.4 is 0 Å². The summed E-state index contributed by atoms with van der Waals surface area (Å²) in [4.78, 5) is 0. The maximum atomic E-state index is 9.38. The lowest BCUT2D eigenvalue weighted by molar-refractivity contribution is 0.0151. The molecular weight excluding hydrogens is 140 g/mol. The molecular formula is C9H18O2. The van der Waals surface area contributed by atoms with E-state index in [2.05, 4.69) is 13.8 Å². The molecule has 2 unspecified atom stereocenters. The first-order chi connectivity index (χ1) is 5.16. The van der Waals surface area contributed by atoms with Crippen LogP contribution in [0.3, 0.4) is 0 Å². The second kappa shape index (κ2) is 3.55. The van der Waals surface area contributed by atoms with E-state index >= 15 is 0 Å². The van der Waals surface area contributed by atoms with E-state index in [0.29, 0.717) is 12.5 Å². The average molecular weight is 158 g/mol. The van der Waals surface area contributed by atoms with Crippen LogP contribution in [-0.4, -0.2) is 17.5 Å². The van der Waals surface area contributed by atoms with Crippen molar-refractivity contribution >= 4 is 0 Å². The summed E-state index contributed by atoms with van der Waals surface area (Å²) in [5.74, 6) is -0.130. The summed E-state index contributed by atoms with van der Waals surface area (Å²) in [6.07, 6.45) is 4.52. The number of rotatable bonds is 5. The number of ether oxygens (including phenoxy) is 1. The van der Waals surface area contributed by atoms with Crippen molar-refractivity contribution in [3.05, 3.63) is 0 Å². The van der Waals surface area contributed by atoms with Gasteiger partial charge >= 0.3 is 0 Å². The van der Waals surface area contributed by atoms with Gasteiger partial charge in [0.2, 0.25) is 0 Å². The maximum Gasteiger partial charge on any atom is 0.189 e. The normalized spacial score (nSPS) is 31.9. The molecule has 0 amide bonds. The molecule has 1 aliphatic heterocycles. The SMILES string of the molecule is CCCCC(C)CC1(O)CO1. The molecule has 1 aliphatic rings. The average Bonchev–Trinajstić information content (AvgIpc) is 2.63. The van der Waals surface area contributed by atoms with Gasteiger partial charge in [0.15, 0.2) is 5.79 Å². The Labute approximate surface area is 68.6 Å². The molecule has 0 saturated carbocycles. The third-order valence-electron chi connectivity index (χ3n) is 2.20. The van der Waals surface area contributed by atoms with Crippen LogP contribution in [0.1, 0.15) is 39.5 Å². The number of epoxide rings is 1. The highest BCUT2D eigenvalue weighted by Crippen LogP contribution is 2.32. The van der Waals surface area contributed by atoms with Crippen LogP contribution >= 0.6 is 0 Å². The van der Waals surface area contributed by atoms with Crippen molar-refractivity contribution < 1.29 is 9.84 Å². The fourth-order valence-electron chi connectivity index (χ4n) is 1.40. The Morgan fingerprint density at radius 2 is 2.27 bits per heavy atom. The maximum absolute atomic E-state index is 9.38. The number of hydrogen-bond acceptors (Lipinski definition) is 2. The predicted molar refractivity (Wildman–Crippen MR) is 44.2 cm³/mol. The first kappa shape index (κ1) is 9.01. The zero-order valence-corrected chi connectivity index (χ0v) is 7.47. The van der Waals surface area contributed by atoms with Crippen LogP contribution in [0.5, 0.6) is 0 Å². The van der Waals surface area contributed by atoms with Gasteiger partial charge in [0.25, 0.3) is 0 Å². The summed E-state index contributed by atoms with van der Waals surface area (Å²) in [7, 11) is 0. The number of aliphatic hydroxyl groups is 1. The predicted octanol–water partition coefficient (Wildman–Crippen LogP) is 1.92. The Morgan fingerprint density at radius 1 is 1.64 bits per heavy atom. The molecule has 0 aliphatic carbocycles. The second-order valence-electron chi connectivity index (χ2n) is 3.69. The van der Waals surface area contributed by atoms with E-state index < -0.39 is 5.79 Å². The Hall–Kier alpha value is -0.0800.